The maximum absolute atomic E-state index is 3.90. The Labute approximate surface area is 80.3 Å². The molecule has 0 aromatic rings. The van der Waals surface area contributed by atoms with E-state index < -0.39 is 0 Å². The molecule has 0 fully saturated rings. The molecular weight excluding hydrogens is 165 g/mol. The molecule has 3 heteroatoms. The lowest BCUT2D eigenvalue weighted by Crippen LogP contribution is -2.21. The van der Waals surface area contributed by atoms with E-state index in [1.54, 1.807) is 17.8 Å². The minimum absolute atomic E-state index is 0.443. The second-order valence-electron chi connectivity index (χ2n) is 2.33. The van der Waals surface area contributed by atoms with Crippen LogP contribution in [0.1, 0.15) is 6.92 Å². The highest BCUT2D eigenvalue weighted by Crippen LogP contribution is 2.10. The van der Waals surface area contributed by atoms with Crippen molar-refractivity contribution in [2.24, 2.45) is 0 Å². The fourth-order valence-corrected chi connectivity index (χ4v) is 0.901. The smallest absolute Gasteiger partial charge is 0.274 e. The average Bonchev–Trinajstić information content (AvgIpc) is 2.10. The largest absolute Gasteiger partial charge is 0.431 e. The summed E-state index contributed by atoms with van der Waals surface area (Å²) in [6, 6.07) is 0. The summed E-state index contributed by atoms with van der Waals surface area (Å²) in [7, 11) is 1.86. The van der Waals surface area contributed by atoms with Crippen molar-refractivity contribution < 1.29 is 0 Å². The lowest BCUT2D eigenvalue weighted by Gasteiger charge is -2.12. The summed E-state index contributed by atoms with van der Waals surface area (Å²) in [5.41, 5.74) is 1.02. The van der Waals surface area contributed by atoms with Gasteiger partial charge in [0.15, 0.2) is 0 Å². The van der Waals surface area contributed by atoms with Crippen LogP contribution in [-0.4, -0.2) is 18.9 Å². The Kier molecular flexibility index (Phi) is 6.77. The highest BCUT2D eigenvalue weighted by Gasteiger charge is 2.01. The maximum atomic E-state index is 3.90. The fraction of sp³-hybridized carbons (Fsp3) is 0.333. The van der Waals surface area contributed by atoms with Crippen molar-refractivity contribution in [2.75, 3.05) is 6.26 Å². The third-order valence-corrected chi connectivity index (χ3v) is 2.45. The summed E-state index contributed by atoms with van der Waals surface area (Å²) in [5, 5.41) is 3.54. The molecule has 12 heavy (non-hydrogen) atoms. The van der Waals surface area contributed by atoms with Crippen LogP contribution in [0.5, 0.6) is 0 Å². The number of rotatable bonds is 6. The van der Waals surface area contributed by atoms with E-state index in [0.29, 0.717) is 5.25 Å². The minimum atomic E-state index is 0.443. The molecule has 0 saturated heterocycles. The van der Waals surface area contributed by atoms with Gasteiger partial charge in [0.25, 0.3) is 7.41 Å². The SMILES string of the molecule is C=C/C=C/[B]NC(=C)C(C)SC. The molecule has 1 N–H and O–H groups in total. The molecule has 0 spiro atoms. The van der Waals surface area contributed by atoms with E-state index in [4.69, 9.17) is 0 Å². The van der Waals surface area contributed by atoms with Gasteiger partial charge in [-0.05, 0) is 13.2 Å². The second-order valence-corrected chi connectivity index (χ2v) is 3.51. The molecule has 0 aromatic heterocycles. The summed E-state index contributed by atoms with van der Waals surface area (Å²) in [4.78, 5) is 0. The van der Waals surface area contributed by atoms with Gasteiger partial charge in [0.1, 0.15) is 0 Å². The Hall–Kier alpha value is -0.565. The zero-order chi connectivity index (χ0) is 9.40. The first-order valence-electron chi connectivity index (χ1n) is 3.81. The van der Waals surface area contributed by atoms with Crippen LogP contribution in [0.3, 0.4) is 0 Å². The molecular formula is C9H15BNS. The van der Waals surface area contributed by atoms with E-state index in [-0.39, 0.29) is 0 Å². The number of hydrogen-bond acceptors (Lipinski definition) is 2. The molecule has 0 rings (SSSR count). The van der Waals surface area contributed by atoms with Gasteiger partial charge in [0.2, 0.25) is 0 Å². The molecule has 1 unspecified atom stereocenters. The molecule has 1 radical (unpaired) electrons. The average molecular weight is 180 g/mol. The molecule has 65 valence electrons. The van der Waals surface area contributed by atoms with Crippen LogP contribution >= 0.6 is 11.8 Å². The van der Waals surface area contributed by atoms with E-state index in [2.05, 4.69) is 31.6 Å². The van der Waals surface area contributed by atoms with E-state index in [1.165, 1.54) is 0 Å². The third kappa shape index (κ3) is 5.13. The van der Waals surface area contributed by atoms with Gasteiger partial charge in [0, 0.05) is 10.9 Å². The summed E-state index contributed by atoms with van der Waals surface area (Å²) in [6.07, 6.45) is 5.67. The Bertz CT molecular complexity index is 177. The molecule has 1 atom stereocenters. The Morgan fingerprint density at radius 3 is 2.83 bits per heavy atom. The molecule has 0 amide bonds. The van der Waals surface area contributed by atoms with Crippen LogP contribution in [0, 0.1) is 0 Å². The first kappa shape index (κ1) is 11.4. The van der Waals surface area contributed by atoms with Crippen molar-refractivity contribution in [2.45, 2.75) is 12.2 Å². The summed E-state index contributed by atoms with van der Waals surface area (Å²) in [5.74, 6) is 1.89. The molecule has 0 heterocycles. The zero-order valence-corrected chi connectivity index (χ0v) is 8.53. The van der Waals surface area contributed by atoms with Gasteiger partial charge in [-0.15, -0.1) is 0 Å². The predicted molar refractivity (Wildman–Crippen MR) is 60.3 cm³/mol. The van der Waals surface area contributed by atoms with Crippen LogP contribution < -0.4 is 5.23 Å². The number of nitrogens with one attached hydrogen (secondary N) is 1. The van der Waals surface area contributed by atoms with Crippen molar-refractivity contribution >= 4 is 19.2 Å². The van der Waals surface area contributed by atoms with Crippen LogP contribution in [-0.2, 0) is 0 Å². The normalized spacial score (nSPS) is 12.5. The number of allylic oxidation sites excluding steroid dienone is 2. The van der Waals surface area contributed by atoms with Gasteiger partial charge in [-0.3, -0.25) is 0 Å². The predicted octanol–water partition coefficient (Wildman–Crippen LogP) is 2.16. The first-order valence-corrected chi connectivity index (χ1v) is 5.10. The second kappa shape index (κ2) is 7.10. The van der Waals surface area contributed by atoms with Crippen molar-refractivity contribution in [3.63, 3.8) is 0 Å². The molecule has 0 aliphatic rings. The van der Waals surface area contributed by atoms with Gasteiger partial charge in [0.05, 0.1) is 0 Å². The van der Waals surface area contributed by atoms with Gasteiger partial charge in [-0.25, -0.2) is 0 Å². The van der Waals surface area contributed by atoms with E-state index in [9.17, 15) is 0 Å². The molecule has 0 bridgehead atoms. The van der Waals surface area contributed by atoms with Crippen LogP contribution in [0.25, 0.3) is 0 Å². The van der Waals surface area contributed by atoms with Crippen LogP contribution in [0.4, 0.5) is 0 Å². The molecule has 0 aromatic carbocycles. The van der Waals surface area contributed by atoms with E-state index in [1.807, 2.05) is 19.5 Å². The highest BCUT2D eigenvalue weighted by molar-refractivity contribution is 7.99. The number of hydrogen-bond donors (Lipinski definition) is 1. The lowest BCUT2D eigenvalue weighted by atomic mass is 9.93. The molecule has 0 aliphatic heterocycles. The van der Waals surface area contributed by atoms with Crippen LogP contribution in [0.15, 0.2) is 37.0 Å². The minimum Gasteiger partial charge on any atom is -0.431 e. The Morgan fingerprint density at radius 1 is 1.67 bits per heavy atom. The van der Waals surface area contributed by atoms with Gasteiger partial charge < -0.3 is 5.23 Å². The van der Waals surface area contributed by atoms with Gasteiger partial charge in [-0.2, -0.15) is 11.8 Å². The zero-order valence-electron chi connectivity index (χ0n) is 7.71. The Balaban J connectivity index is 3.56. The Morgan fingerprint density at radius 2 is 2.33 bits per heavy atom. The molecule has 0 saturated carbocycles. The summed E-state index contributed by atoms with van der Waals surface area (Å²) in [6.45, 7) is 9.58. The lowest BCUT2D eigenvalue weighted by molar-refractivity contribution is 1.03. The summed E-state index contributed by atoms with van der Waals surface area (Å²) < 4.78 is 0. The molecule has 1 nitrogen and oxygen atoms in total. The van der Waals surface area contributed by atoms with Crippen LogP contribution in [0.2, 0.25) is 0 Å². The monoisotopic (exact) mass is 180 g/mol. The standard InChI is InChI=1S/C9H15BNS/c1-5-6-7-10-11-8(2)9(3)12-4/h5-7,9,11H,1-2H2,3-4H3/b7-6+. The van der Waals surface area contributed by atoms with E-state index >= 15 is 0 Å². The van der Waals surface area contributed by atoms with Crippen molar-refractivity contribution in [3.05, 3.63) is 37.0 Å². The van der Waals surface area contributed by atoms with Crippen molar-refractivity contribution in [1.82, 2.24) is 5.23 Å². The fourth-order valence-electron chi connectivity index (χ4n) is 0.549. The number of thioether (sulfide) groups is 1. The van der Waals surface area contributed by atoms with Crippen molar-refractivity contribution in [1.29, 1.82) is 0 Å². The quantitative estimate of drug-likeness (QED) is 0.496. The highest BCUT2D eigenvalue weighted by atomic mass is 32.2. The maximum Gasteiger partial charge on any atom is 0.274 e. The van der Waals surface area contributed by atoms with Gasteiger partial charge in [-0.1, -0.05) is 31.3 Å². The van der Waals surface area contributed by atoms with E-state index in [0.717, 1.165) is 5.70 Å². The molecule has 0 aliphatic carbocycles. The third-order valence-electron chi connectivity index (χ3n) is 1.46. The topological polar surface area (TPSA) is 12.0 Å². The van der Waals surface area contributed by atoms with Crippen molar-refractivity contribution in [3.8, 4) is 0 Å². The first-order chi connectivity index (χ1) is 5.72. The van der Waals surface area contributed by atoms with Gasteiger partial charge >= 0.3 is 0 Å². The summed E-state index contributed by atoms with van der Waals surface area (Å²) >= 11 is 1.77.